The van der Waals surface area contributed by atoms with Crippen molar-refractivity contribution in [2.24, 2.45) is 0 Å². The number of rotatable bonds is 4. The molecular weight excluding hydrogens is 196 g/mol. The van der Waals surface area contributed by atoms with Gasteiger partial charge in [0.15, 0.2) is 0 Å². The first-order valence-corrected chi connectivity index (χ1v) is 4.49. The molecule has 0 atom stereocenters. The number of aliphatic hydroxyl groups excluding tert-OH is 1. The molecule has 0 bridgehead atoms. The molecule has 0 aromatic heterocycles. The van der Waals surface area contributed by atoms with Crippen LogP contribution in [0.1, 0.15) is 22.3 Å². The molecule has 4 heteroatoms. The Morgan fingerprint density at radius 1 is 1.40 bits per heavy atom. The number of aliphatic hydroxyl groups is 1. The second-order valence-electron chi connectivity index (χ2n) is 3.00. The van der Waals surface area contributed by atoms with Crippen molar-refractivity contribution in [1.82, 2.24) is 0 Å². The third-order valence-electron chi connectivity index (χ3n) is 1.86. The van der Waals surface area contributed by atoms with Gasteiger partial charge in [0.1, 0.15) is 11.3 Å². The molecule has 0 radical (unpaired) electrons. The van der Waals surface area contributed by atoms with Crippen LogP contribution in [-0.2, 0) is 0 Å². The normalized spacial score (nSPS) is 10.7. The maximum absolute atomic E-state index is 10.7. The lowest BCUT2D eigenvalue weighted by Crippen LogP contribution is -1.96. The third kappa shape index (κ3) is 3.11. The molecular formula is C11H12O4. The summed E-state index contributed by atoms with van der Waals surface area (Å²) in [7, 11) is 0. The van der Waals surface area contributed by atoms with Gasteiger partial charge in [-0.15, -0.1) is 0 Å². The van der Waals surface area contributed by atoms with Gasteiger partial charge in [0.05, 0.1) is 0 Å². The predicted molar refractivity (Wildman–Crippen MR) is 55.8 cm³/mol. The Labute approximate surface area is 87.1 Å². The summed E-state index contributed by atoms with van der Waals surface area (Å²) in [5.74, 6) is -1.41. The van der Waals surface area contributed by atoms with E-state index in [4.69, 9.17) is 10.2 Å². The van der Waals surface area contributed by atoms with Crippen molar-refractivity contribution in [2.45, 2.75) is 6.42 Å². The molecule has 4 nitrogen and oxygen atoms in total. The van der Waals surface area contributed by atoms with E-state index in [1.165, 1.54) is 12.1 Å². The van der Waals surface area contributed by atoms with Gasteiger partial charge in [-0.3, -0.25) is 0 Å². The van der Waals surface area contributed by atoms with Gasteiger partial charge in [-0.25, -0.2) is 4.79 Å². The number of aromatic hydroxyl groups is 1. The minimum Gasteiger partial charge on any atom is -0.507 e. The fraction of sp³-hybridized carbons (Fsp3) is 0.182. The van der Waals surface area contributed by atoms with E-state index < -0.39 is 5.97 Å². The Bertz CT molecular complexity index is 382. The van der Waals surface area contributed by atoms with Crippen LogP contribution in [0.5, 0.6) is 5.75 Å². The zero-order valence-corrected chi connectivity index (χ0v) is 8.05. The van der Waals surface area contributed by atoms with Crippen LogP contribution in [0.4, 0.5) is 0 Å². The lowest BCUT2D eigenvalue weighted by Gasteiger charge is -2.00. The van der Waals surface area contributed by atoms with Gasteiger partial charge in [-0.2, -0.15) is 0 Å². The minimum atomic E-state index is -1.16. The molecule has 80 valence electrons. The largest absolute Gasteiger partial charge is 0.507 e. The van der Waals surface area contributed by atoms with E-state index in [0.29, 0.717) is 12.0 Å². The van der Waals surface area contributed by atoms with Crippen LogP contribution in [0.2, 0.25) is 0 Å². The van der Waals surface area contributed by atoms with Crippen LogP contribution in [0.25, 0.3) is 6.08 Å². The number of hydrogen-bond donors (Lipinski definition) is 3. The molecule has 0 heterocycles. The summed E-state index contributed by atoms with van der Waals surface area (Å²) >= 11 is 0. The van der Waals surface area contributed by atoms with E-state index >= 15 is 0 Å². The monoisotopic (exact) mass is 208 g/mol. The molecule has 0 saturated carbocycles. The van der Waals surface area contributed by atoms with Gasteiger partial charge in [0.2, 0.25) is 0 Å². The van der Waals surface area contributed by atoms with E-state index in [2.05, 4.69) is 0 Å². The van der Waals surface area contributed by atoms with Crippen molar-refractivity contribution < 1.29 is 20.1 Å². The van der Waals surface area contributed by atoms with Gasteiger partial charge in [0.25, 0.3) is 0 Å². The standard InChI is InChI=1S/C11H12O4/c12-6-2-1-3-8-4-5-10(13)9(7-8)11(14)15/h1,3-5,7,12-13H,2,6H2,(H,14,15). The predicted octanol–water partition coefficient (Wildman–Crippen LogP) is 1.49. The quantitative estimate of drug-likeness (QED) is 0.700. The fourth-order valence-electron chi connectivity index (χ4n) is 1.12. The van der Waals surface area contributed by atoms with Crippen LogP contribution in [-0.4, -0.2) is 27.9 Å². The summed E-state index contributed by atoms with van der Waals surface area (Å²) in [6, 6.07) is 4.32. The van der Waals surface area contributed by atoms with Gasteiger partial charge >= 0.3 is 5.97 Å². The van der Waals surface area contributed by atoms with Crippen molar-refractivity contribution in [3.05, 3.63) is 35.4 Å². The summed E-state index contributed by atoms with van der Waals surface area (Å²) in [5.41, 5.74) is 0.555. The summed E-state index contributed by atoms with van der Waals surface area (Å²) in [6.45, 7) is 0.0559. The van der Waals surface area contributed by atoms with Crippen molar-refractivity contribution in [3.8, 4) is 5.75 Å². The number of hydrogen-bond acceptors (Lipinski definition) is 3. The van der Waals surface area contributed by atoms with E-state index in [1.807, 2.05) is 0 Å². The van der Waals surface area contributed by atoms with E-state index in [-0.39, 0.29) is 17.9 Å². The Morgan fingerprint density at radius 3 is 2.73 bits per heavy atom. The topological polar surface area (TPSA) is 77.8 Å². The van der Waals surface area contributed by atoms with Crippen LogP contribution >= 0.6 is 0 Å². The molecule has 0 aliphatic carbocycles. The zero-order valence-electron chi connectivity index (χ0n) is 8.05. The summed E-state index contributed by atoms with van der Waals surface area (Å²) < 4.78 is 0. The van der Waals surface area contributed by atoms with E-state index in [0.717, 1.165) is 0 Å². The maximum atomic E-state index is 10.7. The first kappa shape index (κ1) is 11.3. The minimum absolute atomic E-state index is 0.0559. The van der Waals surface area contributed by atoms with Crippen LogP contribution in [0.3, 0.4) is 0 Å². The zero-order chi connectivity index (χ0) is 11.3. The molecule has 1 rings (SSSR count). The highest BCUT2D eigenvalue weighted by atomic mass is 16.4. The second kappa shape index (κ2) is 5.17. The molecule has 0 spiro atoms. The van der Waals surface area contributed by atoms with Crippen molar-refractivity contribution >= 4 is 12.0 Å². The molecule has 0 fully saturated rings. The van der Waals surface area contributed by atoms with Crippen molar-refractivity contribution in [3.63, 3.8) is 0 Å². The number of carbonyl (C=O) groups is 1. The molecule has 0 aliphatic rings. The van der Waals surface area contributed by atoms with Crippen LogP contribution < -0.4 is 0 Å². The Kier molecular flexibility index (Phi) is 3.88. The van der Waals surface area contributed by atoms with Crippen LogP contribution in [0.15, 0.2) is 24.3 Å². The summed E-state index contributed by atoms with van der Waals surface area (Å²) in [6.07, 6.45) is 3.95. The summed E-state index contributed by atoms with van der Waals surface area (Å²) in [4.78, 5) is 10.7. The number of benzene rings is 1. The Hall–Kier alpha value is -1.81. The lowest BCUT2D eigenvalue weighted by atomic mass is 10.1. The number of carboxylic acid groups (broad SMARTS) is 1. The van der Waals surface area contributed by atoms with E-state index in [9.17, 15) is 9.90 Å². The highest BCUT2D eigenvalue weighted by molar-refractivity contribution is 5.91. The Balaban J connectivity index is 2.92. The number of phenols is 1. The first-order valence-electron chi connectivity index (χ1n) is 4.49. The van der Waals surface area contributed by atoms with Crippen molar-refractivity contribution in [1.29, 1.82) is 0 Å². The average molecular weight is 208 g/mol. The third-order valence-corrected chi connectivity index (χ3v) is 1.86. The number of carboxylic acids is 1. The first-order chi connectivity index (χ1) is 7.15. The molecule has 0 unspecified atom stereocenters. The average Bonchev–Trinajstić information content (AvgIpc) is 2.20. The van der Waals surface area contributed by atoms with Gasteiger partial charge < -0.3 is 15.3 Å². The van der Waals surface area contributed by atoms with E-state index in [1.54, 1.807) is 18.2 Å². The van der Waals surface area contributed by atoms with Crippen LogP contribution in [0, 0.1) is 0 Å². The van der Waals surface area contributed by atoms with Gasteiger partial charge in [-0.1, -0.05) is 18.2 Å². The molecule has 1 aromatic rings. The lowest BCUT2D eigenvalue weighted by molar-refractivity contribution is 0.0693. The second-order valence-corrected chi connectivity index (χ2v) is 3.00. The Morgan fingerprint density at radius 2 is 2.13 bits per heavy atom. The maximum Gasteiger partial charge on any atom is 0.339 e. The molecule has 1 aromatic carbocycles. The SMILES string of the molecule is O=C(O)c1cc(C=CCCO)ccc1O. The smallest absolute Gasteiger partial charge is 0.339 e. The molecule has 15 heavy (non-hydrogen) atoms. The highest BCUT2D eigenvalue weighted by Gasteiger charge is 2.08. The van der Waals surface area contributed by atoms with Crippen molar-refractivity contribution in [2.75, 3.05) is 6.61 Å². The molecule has 0 amide bonds. The molecule has 0 aliphatic heterocycles. The fourth-order valence-corrected chi connectivity index (χ4v) is 1.12. The van der Waals surface area contributed by atoms with Gasteiger partial charge in [0, 0.05) is 6.61 Å². The summed E-state index contributed by atoms with van der Waals surface area (Å²) in [5, 5.41) is 26.5. The van der Waals surface area contributed by atoms with Gasteiger partial charge in [-0.05, 0) is 24.1 Å². The highest BCUT2D eigenvalue weighted by Crippen LogP contribution is 2.19. The molecule has 3 N–H and O–H groups in total. The molecule has 0 saturated heterocycles. The number of aromatic carboxylic acids is 1.